The molecule has 24 heavy (non-hydrogen) atoms. The molecule has 0 bridgehead atoms. The summed E-state index contributed by atoms with van der Waals surface area (Å²) in [4.78, 5) is 22.6. The first-order valence-electron chi connectivity index (χ1n) is 7.61. The Morgan fingerprint density at radius 3 is 2.46 bits per heavy atom. The summed E-state index contributed by atoms with van der Waals surface area (Å²) in [6, 6.07) is 3.39. The summed E-state index contributed by atoms with van der Waals surface area (Å²) in [6.45, 7) is -0.378. The van der Waals surface area contributed by atoms with Gasteiger partial charge in [0.2, 0.25) is 15.9 Å². The van der Waals surface area contributed by atoms with Gasteiger partial charge in [-0.15, -0.1) is 0 Å². The number of amides is 1. The molecule has 0 spiro atoms. The highest BCUT2D eigenvalue weighted by atomic mass is 35.5. The van der Waals surface area contributed by atoms with Gasteiger partial charge in [-0.3, -0.25) is 4.79 Å². The minimum absolute atomic E-state index is 0.0973. The van der Waals surface area contributed by atoms with Gasteiger partial charge in [0.25, 0.3) is 0 Å². The molecule has 132 valence electrons. The molecule has 1 amide bonds. The summed E-state index contributed by atoms with van der Waals surface area (Å²) >= 11 is 5.77. The molecule has 0 heterocycles. The van der Waals surface area contributed by atoms with Gasteiger partial charge in [-0.05, 0) is 31.0 Å². The molecule has 7 nitrogen and oxygen atoms in total. The number of aromatic carboxylic acids is 1. The molecule has 0 saturated heterocycles. The summed E-state index contributed by atoms with van der Waals surface area (Å²) in [7, 11) is -3.95. The Morgan fingerprint density at radius 1 is 1.21 bits per heavy atom. The largest absolute Gasteiger partial charge is 0.478 e. The van der Waals surface area contributed by atoms with Crippen LogP contribution in [0.5, 0.6) is 0 Å². The van der Waals surface area contributed by atoms with E-state index in [0.717, 1.165) is 50.3 Å². The molecular formula is C15H19ClN2O5S. The van der Waals surface area contributed by atoms with Crippen LogP contribution in [0.4, 0.5) is 0 Å². The number of carbonyl (C=O) groups is 2. The van der Waals surface area contributed by atoms with Crippen molar-refractivity contribution in [2.45, 2.75) is 43.0 Å². The Morgan fingerprint density at radius 2 is 1.88 bits per heavy atom. The molecule has 1 fully saturated rings. The fourth-order valence-corrected chi connectivity index (χ4v) is 3.94. The summed E-state index contributed by atoms with van der Waals surface area (Å²) < 4.78 is 26.5. The highest BCUT2D eigenvalue weighted by Crippen LogP contribution is 2.21. The Kier molecular flexibility index (Phi) is 6.20. The van der Waals surface area contributed by atoms with Crippen molar-refractivity contribution in [3.8, 4) is 0 Å². The van der Waals surface area contributed by atoms with Gasteiger partial charge in [0, 0.05) is 6.04 Å². The van der Waals surface area contributed by atoms with Crippen molar-refractivity contribution in [1.82, 2.24) is 10.0 Å². The molecule has 3 N–H and O–H groups in total. The molecule has 1 aliphatic rings. The summed E-state index contributed by atoms with van der Waals surface area (Å²) in [5.74, 6) is -1.64. The number of carboxylic acid groups (broad SMARTS) is 1. The lowest BCUT2D eigenvalue weighted by atomic mass is 9.95. The number of carbonyl (C=O) groups excluding carboxylic acids is 1. The molecule has 0 aliphatic heterocycles. The molecule has 1 aromatic carbocycles. The standard InChI is InChI=1S/C15H19ClN2O5S/c16-13-8-11(6-7-12(13)15(20)21)24(22,23)17-9-14(19)18-10-4-2-1-3-5-10/h6-8,10,17H,1-5,9H2,(H,18,19)(H,20,21). The van der Waals surface area contributed by atoms with Crippen molar-refractivity contribution in [2.24, 2.45) is 0 Å². The van der Waals surface area contributed by atoms with Crippen LogP contribution < -0.4 is 10.0 Å². The van der Waals surface area contributed by atoms with Gasteiger partial charge in [-0.25, -0.2) is 17.9 Å². The molecular weight excluding hydrogens is 356 g/mol. The zero-order valence-electron chi connectivity index (χ0n) is 12.9. The fraction of sp³-hybridized carbons (Fsp3) is 0.467. The van der Waals surface area contributed by atoms with Crippen molar-refractivity contribution in [1.29, 1.82) is 0 Å². The predicted molar refractivity (Wildman–Crippen MR) is 88.6 cm³/mol. The number of carboxylic acids is 1. The molecule has 2 rings (SSSR count). The number of rotatable bonds is 6. The lowest BCUT2D eigenvalue weighted by molar-refractivity contribution is -0.120. The zero-order chi connectivity index (χ0) is 17.7. The predicted octanol–water partition coefficient (Wildman–Crippen LogP) is 1.77. The van der Waals surface area contributed by atoms with E-state index in [1.54, 1.807) is 0 Å². The van der Waals surface area contributed by atoms with Gasteiger partial charge >= 0.3 is 5.97 Å². The van der Waals surface area contributed by atoms with E-state index in [2.05, 4.69) is 10.0 Å². The van der Waals surface area contributed by atoms with Gasteiger partial charge in [-0.1, -0.05) is 30.9 Å². The lowest BCUT2D eigenvalue weighted by Gasteiger charge is -2.22. The van der Waals surface area contributed by atoms with Crippen LogP contribution in [0, 0.1) is 0 Å². The number of halogens is 1. The van der Waals surface area contributed by atoms with Crippen molar-refractivity contribution in [3.63, 3.8) is 0 Å². The van der Waals surface area contributed by atoms with E-state index in [1.165, 1.54) is 0 Å². The van der Waals surface area contributed by atoms with Crippen LogP contribution in [-0.2, 0) is 14.8 Å². The third-order valence-corrected chi connectivity index (χ3v) is 5.59. The first-order chi connectivity index (χ1) is 11.3. The molecule has 1 aromatic rings. The summed E-state index contributed by atoms with van der Waals surface area (Å²) in [5, 5.41) is 11.5. The van der Waals surface area contributed by atoms with Crippen LogP contribution in [-0.4, -0.2) is 38.0 Å². The highest BCUT2D eigenvalue weighted by Gasteiger charge is 2.20. The SMILES string of the molecule is O=C(CNS(=O)(=O)c1ccc(C(=O)O)c(Cl)c1)NC1CCCCC1. The van der Waals surface area contributed by atoms with Gasteiger partial charge in [-0.2, -0.15) is 0 Å². The monoisotopic (exact) mass is 374 g/mol. The number of hydrogen-bond donors (Lipinski definition) is 3. The smallest absolute Gasteiger partial charge is 0.337 e. The number of hydrogen-bond acceptors (Lipinski definition) is 4. The van der Waals surface area contributed by atoms with E-state index in [0.29, 0.717) is 0 Å². The fourth-order valence-electron chi connectivity index (χ4n) is 2.61. The second kappa shape index (κ2) is 7.96. The van der Waals surface area contributed by atoms with Crippen LogP contribution in [0.3, 0.4) is 0 Å². The second-order valence-electron chi connectivity index (χ2n) is 5.67. The number of benzene rings is 1. The van der Waals surface area contributed by atoms with Crippen molar-refractivity contribution in [3.05, 3.63) is 28.8 Å². The van der Waals surface area contributed by atoms with Crippen LogP contribution in [0.2, 0.25) is 5.02 Å². The van der Waals surface area contributed by atoms with E-state index >= 15 is 0 Å². The van der Waals surface area contributed by atoms with Crippen LogP contribution in [0.1, 0.15) is 42.5 Å². The second-order valence-corrected chi connectivity index (χ2v) is 7.85. The molecule has 0 radical (unpaired) electrons. The lowest BCUT2D eigenvalue weighted by Crippen LogP contribution is -2.42. The van der Waals surface area contributed by atoms with E-state index in [1.807, 2.05) is 0 Å². The van der Waals surface area contributed by atoms with Gasteiger partial charge < -0.3 is 10.4 Å². The van der Waals surface area contributed by atoms with Crippen molar-refractivity contribution < 1.29 is 23.1 Å². The number of sulfonamides is 1. The maximum absolute atomic E-state index is 12.2. The van der Waals surface area contributed by atoms with Crippen LogP contribution >= 0.6 is 11.6 Å². The maximum atomic E-state index is 12.2. The Hall–Kier alpha value is -1.64. The van der Waals surface area contributed by atoms with Crippen LogP contribution in [0.25, 0.3) is 0 Å². The Balaban J connectivity index is 1.96. The maximum Gasteiger partial charge on any atom is 0.337 e. The third kappa shape index (κ3) is 4.93. The summed E-state index contributed by atoms with van der Waals surface area (Å²) in [5.41, 5.74) is -0.189. The zero-order valence-corrected chi connectivity index (χ0v) is 14.5. The molecule has 0 unspecified atom stereocenters. The van der Waals surface area contributed by atoms with Crippen LogP contribution in [0.15, 0.2) is 23.1 Å². The minimum atomic E-state index is -3.95. The Bertz CT molecular complexity index is 729. The molecule has 1 saturated carbocycles. The first kappa shape index (κ1) is 18.7. The van der Waals surface area contributed by atoms with Gasteiger partial charge in [0.1, 0.15) is 0 Å². The molecule has 9 heteroatoms. The quantitative estimate of drug-likeness (QED) is 0.702. The van der Waals surface area contributed by atoms with Crippen molar-refractivity contribution >= 4 is 33.5 Å². The Labute approximate surface area is 145 Å². The summed E-state index contributed by atoms with van der Waals surface area (Å²) in [6.07, 6.45) is 5.10. The topological polar surface area (TPSA) is 113 Å². The molecule has 0 aromatic heterocycles. The average Bonchev–Trinajstić information content (AvgIpc) is 2.53. The minimum Gasteiger partial charge on any atom is -0.478 e. The number of nitrogens with one attached hydrogen (secondary N) is 2. The van der Waals surface area contributed by atoms with Gasteiger partial charge in [0.15, 0.2) is 0 Å². The average molecular weight is 375 g/mol. The van der Waals surface area contributed by atoms with E-state index < -0.39 is 21.9 Å². The highest BCUT2D eigenvalue weighted by molar-refractivity contribution is 7.89. The van der Waals surface area contributed by atoms with Gasteiger partial charge in [0.05, 0.1) is 22.0 Å². The van der Waals surface area contributed by atoms with E-state index in [9.17, 15) is 18.0 Å². The molecule has 1 aliphatic carbocycles. The third-order valence-electron chi connectivity index (χ3n) is 3.87. The van der Waals surface area contributed by atoms with E-state index in [-0.39, 0.29) is 28.1 Å². The first-order valence-corrected chi connectivity index (χ1v) is 9.47. The van der Waals surface area contributed by atoms with E-state index in [4.69, 9.17) is 16.7 Å². The normalized spacial score (nSPS) is 15.9. The van der Waals surface area contributed by atoms with Crippen molar-refractivity contribution in [2.75, 3.05) is 6.54 Å². The molecule has 0 atom stereocenters.